The van der Waals surface area contributed by atoms with Crippen LogP contribution in [0.15, 0.2) is 30.5 Å². The summed E-state index contributed by atoms with van der Waals surface area (Å²) in [6.45, 7) is 0. The molecular formula is C13H7Cl2F3N4. The van der Waals surface area contributed by atoms with Gasteiger partial charge in [-0.15, -0.1) is 0 Å². The Balaban J connectivity index is 2.22. The van der Waals surface area contributed by atoms with Crippen LogP contribution in [-0.2, 0) is 6.18 Å². The first kappa shape index (κ1) is 14.9. The SMILES string of the molecule is Nc1ccc2c(Cl)nn(-c3ncc(C(F)(F)F)cc3Cl)c2c1. The Morgan fingerprint density at radius 1 is 1.14 bits per heavy atom. The van der Waals surface area contributed by atoms with Crippen LogP contribution in [0.1, 0.15) is 5.56 Å². The molecule has 1 aromatic carbocycles. The first-order valence-corrected chi connectivity index (χ1v) is 6.70. The molecule has 0 saturated carbocycles. The summed E-state index contributed by atoms with van der Waals surface area (Å²) in [5, 5.41) is 4.62. The molecule has 0 radical (unpaired) electrons. The Labute approximate surface area is 132 Å². The molecule has 0 aliphatic rings. The van der Waals surface area contributed by atoms with Crippen molar-refractivity contribution in [2.45, 2.75) is 6.18 Å². The highest BCUT2D eigenvalue weighted by molar-refractivity contribution is 6.34. The van der Waals surface area contributed by atoms with E-state index in [2.05, 4.69) is 10.1 Å². The standard InChI is InChI=1S/C13H7Cl2F3N4/c14-9-3-6(13(16,17)18)5-20-12(9)22-10-4-7(19)1-2-8(10)11(15)21-22/h1-5H,19H2. The van der Waals surface area contributed by atoms with Gasteiger partial charge in [-0.05, 0) is 24.3 Å². The summed E-state index contributed by atoms with van der Waals surface area (Å²) in [5.74, 6) is 0.0390. The van der Waals surface area contributed by atoms with Crippen molar-refractivity contribution in [1.29, 1.82) is 0 Å². The van der Waals surface area contributed by atoms with Gasteiger partial charge in [0.15, 0.2) is 11.0 Å². The second kappa shape index (κ2) is 5.03. The molecule has 114 valence electrons. The Bertz CT molecular complexity index is 874. The van der Waals surface area contributed by atoms with Crippen molar-refractivity contribution in [3.63, 3.8) is 0 Å². The van der Waals surface area contributed by atoms with Crippen LogP contribution in [0.3, 0.4) is 0 Å². The predicted octanol–water partition coefficient (Wildman–Crippen LogP) is 4.33. The number of hydrogen-bond acceptors (Lipinski definition) is 3. The average molecular weight is 347 g/mol. The number of fused-ring (bicyclic) bond motifs is 1. The van der Waals surface area contributed by atoms with Crippen molar-refractivity contribution in [3.05, 3.63) is 46.2 Å². The summed E-state index contributed by atoms with van der Waals surface area (Å²) in [7, 11) is 0. The number of nitrogen functional groups attached to an aromatic ring is 1. The Morgan fingerprint density at radius 3 is 2.50 bits per heavy atom. The molecule has 22 heavy (non-hydrogen) atoms. The van der Waals surface area contributed by atoms with Gasteiger partial charge < -0.3 is 5.73 Å². The maximum absolute atomic E-state index is 12.7. The summed E-state index contributed by atoms with van der Waals surface area (Å²) in [5.41, 5.74) is 5.72. The van der Waals surface area contributed by atoms with E-state index in [0.29, 0.717) is 22.8 Å². The fraction of sp³-hybridized carbons (Fsp3) is 0.0769. The minimum Gasteiger partial charge on any atom is -0.399 e. The number of pyridine rings is 1. The fourth-order valence-corrected chi connectivity index (χ4v) is 2.48. The monoisotopic (exact) mass is 346 g/mol. The summed E-state index contributed by atoms with van der Waals surface area (Å²) in [4.78, 5) is 3.76. The molecule has 0 atom stereocenters. The molecule has 0 amide bonds. The van der Waals surface area contributed by atoms with E-state index in [1.807, 2.05) is 0 Å². The van der Waals surface area contributed by atoms with E-state index in [4.69, 9.17) is 28.9 Å². The first-order chi connectivity index (χ1) is 10.3. The van der Waals surface area contributed by atoms with Crippen molar-refractivity contribution in [2.75, 3.05) is 5.73 Å². The van der Waals surface area contributed by atoms with Gasteiger partial charge in [-0.25, -0.2) is 9.67 Å². The lowest BCUT2D eigenvalue weighted by Crippen LogP contribution is -2.08. The van der Waals surface area contributed by atoms with Crippen LogP contribution in [0.2, 0.25) is 10.2 Å². The number of hydrogen-bond donors (Lipinski definition) is 1. The lowest BCUT2D eigenvalue weighted by atomic mass is 10.2. The van der Waals surface area contributed by atoms with Gasteiger partial charge in [-0.3, -0.25) is 0 Å². The maximum atomic E-state index is 12.7. The summed E-state index contributed by atoms with van der Waals surface area (Å²) >= 11 is 11.9. The van der Waals surface area contributed by atoms with Crippen LogP contribution in [0.5, 0.6) is 0 Å². The molecule has 9 heteroatoms. The normalized spacial score (nSPS) is 12.0. The van der Waals surface area contributed by atoms with Gasteiger partial charge in [0.05, 0.1) is 16.1 Å². The number of benzene rings is 1. The predicted molar refractivity (Wildman–Crippen MR) is 78.3 cm³/mol. The van der Waals surface area contributed by atoms with E-state index in [9.17, 15) is 13.2 Å². The molecule has 2 N–H and O–H groups in total. The second-order valence-corrected chi connectivity index (χ2v) is 5.27. The third-order valence-electron chi connectivity index (χ3n) is 3.01. The highest BCUT2D eigenvalue weighted by Gasteiger charge is 2.32. The van der Waals surface area contributed by atoms with Crippen molar-refractivity contribution in [3.8, 4) is 5.82 Å². The van der Waals surface area contributed by atoms with Crippen LogP contribution in [-0.4, -0.2) is 14.8 Å². The van der Waals surface area contributed by atoms with Crippen LogP contribution < -0.4 is 5.73 Å². The molecular weight excluding hydrogens is 340 g/mol. The van der Waals surface area contributed by atoms with Crippen LogP contribution >= 0.6 is 23.2 Å². The maximum Gasteiger partial charge on any atom is 0.417 e. The van der Waals surface area contributed by atoms with Gasteiger partial charge in [-0.2, -0.15) is 18.3 Å². The number of nitrogens with zero attached hydrogens (tertiary/aromatic N) is 3. The number of rotatable bonds is 1. The van der Waals surface area contributed by atoms with E-state index in [0.717, 1.165) is 6.07 Å². The first-order valence-electron chi connectivity index (χ1n) is 5.94. The Morgan fingerprint density at radius 2 is 1.86 bits per heavy atom. The van der Waals surface area contributed by atoms with Gasteiger partial charge in [-0.1, -0.05) is 23.2 Å². The van der Waals surface area contributed by atoms with Crippen molar-refractivity contribution >= 4 is 39.8 Å². The third kappa shape index (κ3) is 2.46. The smallest absolute Gasteiger partial charge is 0.399 e. The summed E-state index contributed by atoms with van der Waals surface area (Å²) in [6.07, 6.45) is -3.83. The number of aromatic nitrogens is 3. The van der Waals surface area contributed by atoms with Crippen molar-refractivity contribution < 1.29 is 13.2 Å². The van der Waals surface area contributed by atoms with E-state index in [1.165, 1.54) is 4.68 Å². The van der Waals surface area contributed by atoms with Gasteiger partial charge in [0.2, 0.25) is 0 Å². The van der Waals surface area contributed by atoms with E-state index >= 15 is 0 Å². The molecule has 0 spiro atoms. The largest absolute Gasteiger partial charge is 0.417 e. The molecule has 0 aliphatic heterocycles. The minimum absolute atomic E-state index is 0.0390. The molecule has 2 heterocycles. The van der Waals surface area contributed by atoms with Gasteiger partial charge in [0.25, 0.3) is 0 Å². The molecule has 4 nitrogen and oxygen atoms in total. The lowest BCUT2D eigenvalue weighted by Gasteiger charge is -2.09. The van der Waals surface area contributed by atoms with Gasteiger partial charge in [0, 0.05) is 17.3 Å². The molecule has 3 aromatic rings. The van der Waals surface area contributed by atoms with Gasteiger partial charge in [0.1, 0.15) is 0 Å². The van der Waals surface area contributed by atoms with Crippen molar-refractivity contribution in [1.82, 2.24) is 14.8 Å². The van der Waals surface area contributed by atoms with Crippen LogP contribution in [0, 0.1) is 0 Å². The van der Waals surface area contributed by atoms with E-state index in [1.54, 1.807) is 18.2 Å². The lowest BCUT2D eigenvalue weighted by molar-refractivity contribution is -0.137. The topological polar surface area (TPSA) is 56.7 Å². The molecule has 2 aromatic heterocycles. The minimum atomic E-state index is -4.52. The molecule has 3 rings (SSSR count). The Kier molecular flexibility index (Phi) is 3.41. The molecule has 0 bridgehead atoms. The van der Waals surface area contributed by atoms with Crippen LogP contribution in [0.4, 0.5) is 18.9 Å². The highest BCUT2D eigenvalue weighted by atomic mass is 35.5. The van der Waals surface area contributed by atoms with Gasteiger partial charge >= 0.3 is 6.18 Å². The van der Waals surface area contributed by atoms with E-state index < -0.39 is 11.7 Å². The molecule has 0 fully saturated rings. The van der Waals surface area contributed by atoms with Crippen LogP contribution in [0.25, 0.3) is 16.7 Å². The zero-order valence-corrected chi connectivity index (χ0v) is 12.2. The van der Waals surface area contributed by atoms with E-state index in [-0.39, 0.29) is 16.0 Å². The quantitative estimate of drug-likeness (QED) is 0.667. The number of halogens is 5. The number of anilines is 1. The number of nitrogens with two attached hydrogens (primary N) is 1. The van der Waals surface area contributed by atoms with Crippen molar-refractivity contribution in [2.24, 2.45) is 0 Å². The molecule has 0 saturated heterocycles. The Hall–Kier alpha value is -1.99. The highest BCUT2D eigenvalue weighted by Crippen LogP contribution is 2.33. The fourth-order valence-electron chi connectivity index (χ4n) is 2.00. The average Bonchev–Trinajstić information content (AvgIpc) is 2.74. The number of alkyl halides is 3. The zero-order chi connectivity index (χ0) is 16.1. The zero-order valence-electron chi connectivity index (χ0n) is 10.7. The summed E-state index contributed by atoms with van der Waals surface area (Å²) in [6, 6.07) is 5.68. The summed E-state index contributed by atoms with van der Waals surface area (Å²) < 4.78 is 39.2. The third-order valence-corrected chi connectivity index (χ3v) is 3.57. The molecule has 0 unspecified atom stereocenters. The molecule has 0 aliphatic carbocycles. The second-order valence-electron chi connectivity index (χ2n) is 4.51.